The van der Waals surface area contributed by atoms with Gasteiger partial charge in [0.25, 0.3) is 0 Å². The molecule has 2 N–H and O–H groups in total. The number of hydrogen-bond acceptors (Lipinski definition) is 3. The molecule has 1 aliphatic rings. The van der Waals surface area contributed by atoms with E-state index in [-0.39, 0.29) is 17.6 Å². The Kier molecular flexibility index (Phi) is 3.50. The zero-order valence-electron chi connectivity index (χ0n) is 12.9. The van der Waals surface area contributed by atoms with Gasteiger partial charge in [-0.2, -0.15) is 0 Å². The zero-order valence-corrected chi connectivity index (χ0v) is 12.9. The Morgan fingerprint density at radius 3 is 2.62 bits per heavy atom. The van der Waals surface area contributed by atoms with Crippen LogP contribution in [0.15, 0.2) is 66.9 Å². The van der Waals surface area contributed by atoms with Crippen LogP contribution in [0.25, 0.3) is 11.3 Å². The van der Waals surface area contributed by atoms with E-state index in [4.69, 9.17) is 0 Å². The number of anilines is 1. The first-order valence-corrected chi connectivity index (χ1v) is 7.85. The van der Waals surface area contributed by atoms with Crippen molar-refractivity contribution < 1.29 is 9.90 Å². The van der Waals surface area contributed by atoms with E-state index in [1.807, 2.05) is 48.5 Å². The van der Waals surface area contributed by atoms with E-state index in [1.54, 1.807) is 18.3 Å². The van der Waals surface area contributed by atoms with Gasteiger partial charge in [0, 0.05) is 35.9 Å². The molecule has 1 aliphatic heterocycles. The third kappa shape index (κ3) is 2.63. The number of amides is 1. The van der Waals surface area contributed by atoms with Crippen molar-refractivity contribution in [3.05, 3.63) is 78.0 Å². The van der Waals surface area contributed by atoms with Gasteiger partial charge in [0.1, 0.15) is 5.75 Å². The lowest BCUT2D eigenvalue weighted by atomic mass is 9.84. The lowest BCUT2D eigenvalue weighted by Crippen LogP contribution is -2.23. The summed E-state index contributed by atoms with van der Waals surface area (Å²) in [5, 5.41) is 12.5. The van der Waals surface area contributed by atoms with Crippen LogP contribution in [-0.4, -0.2) is 16.0 Å². The van der Waals surface area contributed by atoms with Crippen molar-refractivity contribution >= 4 is 11.6 Å². The molecule has 4 nitrogen and oxygen atoms in total. The summed E-state index contributed by atoms with van der Waals surface area (Å²) < 4.78 is 0. The first kappa shape index (κ1) is 14.5. The fourth-order valence-electron chi connectivity index (χ4n) is 3.17. The van der Waals surface area contributed by atoms with E-state index in [2.05, 4.69) is 10.3 Å². The maximum atomic E-state index is 12.0. The quantitative estimate of drug-likeness (QED) is 0.753. The second-order valence-electron chi connectivity index (χ2n) is 5.91. The number of aromatic nitrogens is 1. The molecule has 1 aromatic heterocycles. The Morgan fingerprint density at radius 2 is 1.88 bits per heavy atom. The monoisotopic (exact) mass is 316 g/mol. The second-order valence-corrected chi connectivity index (χ2v) is 5.91. The van der Waals surface area contributed by atoms with Crippen molar-refractivity contribution in [3.8, 4) is 17.0 Å². The summed E-state index contributed by atoms with van der Waals surface area (Å²) in [4.78, 5) is 16.4. The summed E-state index contributed by atoms with van der Waals surface area (Å²) >= 11 is 0. The molecule has 4 heteroatoms. The van der Waals surface area contributed by atoms with Crippen LogP contribution in [0.2, 0.25) is 0 Å². The highest BCUT2D eigenvalue weighted by molar-refractivity contribution is 5.95. The predicted octanol–water partition coefficient (Wildman–Crippen LogP) is 3.93. The van der Waals surface area contributed by atoms with Gasteiger partial charge in [0.15, 0.2) is 0 Å². The molecule has 0 saturated carbocycles. The van der Waals surface area contributed by atoms with Gasteiger partial charge >= 0.3 is 0 Å². The molecule has 1 atom stereocenters. The van der Waals surface area contributed by atoms with E-state index in [0.717, 1.165) is 22.4 Å². The molecule has 4 rings (SSSR count). The molecule has 0 bridgehead atoms. The van der Waals surface area contributed by atoms with Gasteiger partial charge in [-0.15, -0.1) is 0 Å². The first-order chi connectivity index (χ1) is 11.7. The third-order valence-corrected chi connectivity index (χ3v) is 4.35. The minimum absolute atomic E-state index is 0.00728. The van der Waals surface area contributed by atoms with Crippen molar-refractivity contribution in [1.82, 2.24) is 4.98 Å². The van der Waals surface area contributed by atoms with Gasteiger partial charge in [-0.3, -0.25) is 9.78 Å². The lowest BCUT2D eigenvalue weighted by Gasteiger charge is -2.26. The molecule has 1 amide bonds. The van der Waals surface area contributed by atoms with Crippen LogP contribution in [-0.2, 0) is 4.79 Å². The third-order valence-electron chi connectivity index (χ3n) is 4.35. The Hall–Kier alpha value is -3.14. The van der Waals surface area contributed by atoms with Crippen LogP contribution in [0.4, 0.5) is 5.69 Å². The summed E-state index contributed by atoms with van der Waals surface area (Å²) in [6.07, 6.45) is 2.18. The standard InChI is InChI=1S/C20H16N2O2/c23-15-8-9-16-17(12-20(24)22-19(16)11-15)13-4-6-14(7-5-13)18-3-1-2-10-21-18/h1-11,17,23H,12H2,(H,22,24)/t17-/m1/s1. The molecule has 118 valence electrons. The van der Waals surface area contributed by atoms with Crippen molar-refractivity contribution in [2.45, 2.75) is 12.3 Å². The Morgan fingerprint density at radius 1 is 1.04 bits per heavy atom. The van der Waals surface area contributed by atoms with Crippen LogP contribution < -0.4 is 5.32 Å². The highest BCUT2D eigenvalue weighted by Crippen LogP contribution is 2.38. The summed E-state index contributed by atoms with van der Waals surface area (Å²) in [6.45, 7) is 0. The molecule has 2 heterocycles. The number of carbonyl (C=O) groups is 1. The van der Waals surface area contributed by atoms with Gasteiger partial charge in [0.05, 0.1) is 5.69 Å². The molecular formula is C20H16N2O2. The first-order valence-electron chi connectivity index (χ1n) is 7.85. The van der Waals surface area contributed by atoms with Crippen LogP contribution >= 0.6 is 0 Å². The maximum absolute atomic E-state index is 12.0. The molecule has 0 spiro atoms. The van der Waals surface area contributed by atoms with Crippen LogP contribution in [0, 0.1) is 0 Å². The second kappa shape index (κ2) is 5.81. The normalized spacial score (nSPS) is 16.3. The van der Waals surface area contributed by atoms with E-state index in [9.17, 15) is 9.90 Å². The van der Waals surface area contributed by atoms with Crippen molar-refractivity contribution in [1.29, 1.82) is 0 Å². The molecule has 0 saturated heterocycles. The highest BCUT2D eigenvalue weighted by Gasteiger charge is 2.26. The molecule has 0 fully saturated rings. The van der Waals surface area contributed by atoms with Gasteiger partial charge in [-0.05, 0) is 29.3 Å². The molecule has 24 heavy (non-hydrogen) atoms. The number of pyridine rings is 1. The minimum Gasteiger partial charge on any atom is -0.508 e. The van der Waals surface area contributed by atoms with Gasteiger partial charge in [-0.25, -0.2) is 0 Å². The minimum atomic E-state index is -0.0353. The van der Waals surface area contributed by atoms with Crippen LogP contribution in [0.3, 0.4) is 0 Å². The molecular weight excluding hydrogens is 300 g/mol. The lowest BCUT2D eigenvalue weighted by molar-refractivity contribution is -0.116. The average molecular weight is 316 g/mol. The number of nitrogens with zero attached hydrogens (tertiary/aromatic N) is 1. The van der Waals surface area contributed by atoms with Gasteiger partial charge in [-0.1, -0.05) is 36.4 Å². The smallest absolute Gasteiger partial charge is 0.225 e. The van der Waals surface area contributed by atoms with E-state index < -0.39 is 0 Å². The highest BCUT2D eigenvalue weighted by atomic mass is 16.3. The van der Waals surface area contributed by atoms with Gasteiger partial charge in [0.2, 0.25) is 5.91 Å². The predicted molar refractivity (Wildman–Crippen MR) is 92.9 cm³/mol. The number of benzene rings is 2. The SMILES string of the molecule is O=C1C[C@H](c2ccc(-c3ccccn3)cc2)c2ccc(O)cc2N1. The average Bonchev–Trinajstić information content (AvgIpc) is 2.61. The summed E-state index contributed by atoms with van der Waals surface area (Å²) in [5.74, 6) is 0.110. The molecule has 0 aliphatic carbocycles. The van der Waals surface area contributed by atoms with E-state index in [0.29, 0.717) is 12.1 Å². The van der Waals surface area contributed by atoms with Crippen LogP contribution in [0.5, 0.6) is 5.75 Å². The number of phenols is 1. The Bertz CT molecular complexity index is 889. The fraction of sp³-hybridized carbons (Fsp3) is 0.100. The molecule has 0 radical (unpaired) electrons. The van der Waals surface area contributed by atoms with Gasteiger partial charge < -0.3 is 10.4 Å². The van der Waals surface area contributed by atoms with E-state index >= 15 is 0 Å². The fourth-order valence-corrected chi connectivity index (χ4v) is 3.17. The van der Waals surface area contributed by atoms with E-state index in [1.165, 1.54) is 0 Å². The van der Waals surface area contributed by atoms with Crippen molar-refractivity contribution in [2.75, 3.05) is 5.32 Å². The Labute approximate surface area is 139 Å². The molecule has 0 unspecified atom stereocenters. The Balaban J connectivity index is 1.71. The largest absolute Gasteiger partial charge is 0.508 e. The summed E-state index contributed by atoms with van der Waals surface area (Å²) in [6, 6.07) is 19.1. The maximum Gasteiger partial charge on any atom is 0.225 e. The van der Waals surface area contributed by atoms with Crippen molar-refractivity contribution in [3.63, 3.8) is 0 Å². The molecule has 3 aromatic rings. The summed E-state index contributed by atoms with van der Waals surface area (Å²) in [5.41, 5.74) is 4.76. The zero-order chi connectivity index (χ0) is 16.5. The number of nitrogens with one attached hydrogen (secondary N) is 1. The number of fused-ring (bicyclic) bond motifs is 1. The number of carbonyl (C=O) groups excluding carboxylic acids is 1. The van der Waals surface area contributed by atoms with Crippen LogP contribution in [0.1, 0.15) is 23.5 Å². The molecule has 2 aromatic carbocycles. The summed E-state index contributed by atoms with van der Waals surface area (Å²) in [7, 11) is 0. The van der Waals surface area contributed by atoms with Crippen molar-refractivity contribution in [2.24, 2.45) is 0 Å². The number of rotatable bonds is 2. The topological polar surface area (TPSA) is 62.2 Å². The number of aromatic hydroxyl groups is 1. The number of phenolic OH excluding ortho intramolecular Hbond substituents is 1. The number of hydrogen-bond donors (Lipinski definition) is 2.